The molecule has 0 atom stereocenters. The summed E-state index contributed by atoms with van der Waals surface area (Å²) in [5.74, 6) is -0.673. The number of sulfonamides is 2. The number of hydrogen-bond donors (Lipinski definition) is 1. The lowest BCUT2D eigenvalue weighted by molar-refractivity contribution is 0.477. The second kappa shape index (κ2) is 6.74. The molecule has 1 N–H and O–H groups in total. The van der Waals surface area contributed by atoms with Crippen molar-refractivity contribution in [3.05, 3.63) is 54.3 Å². The summed E-state index contributed by atoms with van der Waals surface area (Å²) in [6.45, 7) is 0.920. The maximum absolute atomic E-state index is 13.3. The number of nitrogens with one attached hydrogen (secondary N) is 1. The lowest BCUT2D eigenvalue weighted by Crippen LogP contribution is -2.27. The van der Waals surface area contributed by atoms with Crippen LogP contribution in [0, 0.1) is 5.82 Å². The first-order valence-corrected chi connectivity index (χ1v) is 10.6. The molecule has 25 heavy (non-hydrogen) atoms. The highest BCUT2D eigenvalue weighted by atomic mass is 32.2. The van der Waals surface area contributed by atoms with Gasteiger partial charge in [0, 0.05) is 13.1 Å². The molecule has 0 spiro atoms. The lowest BCUT2D eigenvalue weighted by Gasteiger charge is -2.16. The minimum Gasteiger partial charge on any atom is -0.280 e. The summed E-state index contributed by atoms with van der Waals surface area (Å²) < 4.78 is 66.7. The van der Waals surface area contributed by atoms with Crippen LogP contribution in [0.4, 0.5) is 10.1 Å². The second-order valence-electron chi connectivity index (χ2n) is 5.70. The van der Waals surface area contributed by atoms with Crippen molar-refractivity contribution in [2.24, 2.45) is 0 Å². The van der Waals surface area contributed by atoms with E-state index in [1.165, 1.54) is 40.7 Å². The normalized spacial score (nSPS) is 16.0. The van der Waals surface area contributed by atoms with Crippen LogP contribution in [0.1, 0.15) is 12.8 Å². The monoisotopic (exact) mass is 384 g/mol. The number of halogens is 1. The quantitative estimate of drug-likeness (QED) is 0.858. The van der Waals surface area contributed by atoms with Crippen molar-refractivity contribution < 1.29 is 21.2 Å². The maximum Gasteiger partial charge on any atom is 0.261 e. The van der Waals surface area contributed by atoms with E-state index < -0.39 is 25.9 Å². The molecule has 9 heteroatoms. The summed E-state index contributed by atoms with van der Waals surface area (Å²) in [4.78, 5) is -0.214. The van der Waals surface area contributed by atoms with Gasteiger partial charge in [-0.2, -0.15) is 4.31 Å². The molecule has 0 aromatic heterocycles. The van der Waals surface area contributed by atoms with Gasteiger partial charge in [0.15, 0.2) is 0 Å². The molecule has 2 aromatic carbocycles. The molecule has 0 radical (unpaired) electrons. The van der Waals surface area contributed by atoms with Crippen LogP contribution in [0.25, 0.3) is 0 Å². The smallest absolute Gasteiger partial charge is 0.261 e. The molecule has 1 fully saturated rings. The van der Waals surface area contributed by atoms with Crippen molar-refractivity contribution in [3.63, 3.8) is 0 Å². The fraction of sp³-hybridized carbons (Fsp3) is 0.250. The average Bonchev–Trinajstić information content (AvgIpc) is 3.10. The minimum atomic E-state index is -4.02. The van der Waals surface area contributed by atoms with Crippen molar-refractivity contribution in [2.75, 3.05) is 17.8 Å². The van der Waals surface area contributed by atoms with Crippen LogP contribution in [0.2, 0.25) is 0 Å². The van der Waals surface area contributed by atoms with Gasteiger partial charge in [0.25, 0.3) is 10.0 Å². The van der Waals surface area contributed by atoms with Gasteiger partial charge < -0.3 is 0 Å². The summed E-state index contributed by atoms with van der Waals surface area (Å²) >= 11 is 0. The second-order valence-corrected chi connectivity index (χ2v) is 9.32. The van der Waals surface area contributed by atoms with Crippen LogP contribution in [-0.2, 0) is 20.0 Å². The third-order valence-electron chi connectivity index (χ3n) is 3.90. The Labute approximate surface area is 146 Å². The van der Waals surface area contributed by atoms with E-state index in [-0.39, 0.29) is 15.5 Å². The molecule has 0 aliphatic carbocycles. The molecule has 2 aromatic rings. The first-order valence-electron chi connectivity index (χ1n) is 7.68. The van der Waals surface area contributed by atoms with Crippen molar-refractivity contribution in [2.45, 2.75) is 22.6 Å². The molecule has 1 aliphatic heterocycles. The Hall–Kier alpha value is -1.97. The standard InChI is InChI=1S/C16H17FN2O4S2/c17-13-5-3-7-15(11-13)24(20,21)18-14-6-4-8-16(12-14)25(22,23)19-9-1-2-10-19/h3-8,11-12,18H,1-2,9-10H2. The fourth-order valence-corrected chi connectivity index (χ4v) is 5.29. The van der Waals surface area contributed by atoms with Gasteiger partial charge in [-0.3, -0.25) is 4.72 Å². The van der Waals surface area contributed by atoms with E-state index in [1.807, 2.05) is 0 Å². The number of benzene rings is 2. The topological polar surface area (TPSA) is 83.5 Å². The van der Waals surface area contributed by atoms with Gasteiger partial charge in [0.05, 0.1) is 15.5 Å². The maximum atomic E-state index is 13.3. The highest BCUT2D eigenvalue weighted by Crippen LogP contribution is 2.24. The summed E-state index contributed by atoms with van der Waals surface area (Å²) in [7, 11) is -7.67. The first-order chi connectivity index (χ1) is 11.8. The summed E-state index contributed by atoms with van der Waals surface area (Å²) in [5, 5.41) is 0. The highest BCUT2D eigenvalue weighted by molar-refractivity contribution is 7.92. The molecule has 134 valence electrons. The van der Waals surface area contributed by atoms with E-state index in [0.717, 1.165) is 25.0 Å². The Morgan fingerprint density at radius 2 is 1.52 bits per heavy atom. The predicted octanol–water partition coefficient (Wildman–Crippen LogP) is 2.41. The number of hydrogen-bond acceptors (Lipinski definition) is 4. The molecule has 1 saturated heterocycles. The van der Waals surface area contributed by atoms with Gasteiger partial charge >= 0.3 is 0 Å². The number of rotatable bonds is 5. The molecule has 1 heterocycles. The molecule has 0 bridgehead atoms. The molecule has 6 nitrogen and oxygen atoms in total. The molecular weight excluding hydrogens is 367 g/mol. The van der Waals surface area contributed by atoms with Crippen LogP contribution in [0.3, 0.4) is 0 Å². The third-order valence-corrected chi connectivity index (χ3v) is 7.17. The predicted molar refractivity (Wildman–Crippen MR) is 91.6 cm³/mol. The van der Waals surface area contributed by atoms with Crippen LogP contribution < -0.4 is 4.72 Å². The van der Waals surface area contributed by atoms with E-state index in [4.69, 9.17) is 0 Å². The number of anilines is 1. The minimum absolute atomic E-state index is 0.0221. The van der Waals surface area contributed by atoms with Gasteiger partial charge in [-0.25, -0.2) is 21.2 Å². The van der Waals surface area contributed by atoms with Crippen molar-refractivity contribution in [1.29, 1.82) is 0 Å². The summed E-state index contributed by atoms with van der Waals surface area (Å²) in [6.07, 6.45) is 1.62. The Balaban J connectivity index is 1.89. The Kier molecular flexibility index (Phi) is 4.81. The molecule has 0 amide bonds. The van der Waals surface area contributed by atoms with Gasteiger partial charge in [-0.1, -0.05) is 12.1 Å². The largest absolute Gasteiger partial charge is 0.280 e. The molecule has 3 rings (SSSR count). The van der Waals surface area contributed by atoms with Gasteiger partial charge in [0.2, 0.25) is 10.0 Å². The van der Waals surface area contributed by atoms with E-state index in [2.05, 4.69) is 4.72 Å². The third kappa shape index (κ3) is 3.83. The first kappa shape index (κ1) is 17.8. The van der Waals surface area contributed by atoms with Gasteiger partial charge in [0.1, 0.15) is 5.82 Å². The van der Waals surface area contributed by atoms with Crippen LogP contribution in [-0.4, -0.2) is 34.2 Å². The lowest BCUT2D eigenvalue weighted by atomic mass is 10.3. The summed E-state index contributed by atoms with van der Waals surface area (Å²) in [6, 6.07) is 10.2. The summed E-state index contributed by atoms with van der Waals surface area (Å²) in [5.41, 5.74) is 0.101. The fourth-order valence-electron chi connectivity index (χ4n) is 2.65. The van der Waals surface area contributed by atoms with Crippen molar-refractivity contribution >= 4 is 25.7 Å². The van der Waals surface area contributed by atoms with Gasteiger partial charge in [-0.15, -0.1) is 0 Å². The van der Waals surface area contributed by atoms with Crippen molar-refractivity contribution in [1.82, 2.24) is 4.31 Å². The Morgan fingerprint density at radius 1 is 0.880 bits per heavy atom. The van der Waals surface area contributed by atoms with Crippen molar-refractivity contribution in [3.8, 4) is 0 Å². The Morgan fingerprint density at radius 3 is 2.20 bits per heavy atom. The zero-order chi connectivity index (χ0) is 18.1. The number of nitrogens with zero attached hydrogens (tertiary/aromatic N) is 1. The van der Waals surface area contributed by atoms with E-state index >= 15 is 0 Å². The molecule has 1 aliphatic rings. The molecular formula is C16H17FN2O4S2. The zero-order valence-electron chi connectivity index (χ0n) is 13.2. The highest BCUT2D eigenvalue weighted by Gasteiger charge is 2.27. The SMILES string of the molecule is O=S(=O)(Nc1cccc(S(=O)(=O)N2CCCC2)c1)c1cccc(F)c1. The van der Waals surface area contributed by atoms with Crippen LogP contribution >= 0.6 is 0 Å². The molecule has 0 saturated carbocycles. The van der Waals surface area contributed by atoms with Crippen LogP contribution in [0.5, 0.6) is 0 Å². The van der Waals surface area contributed by atoms with E-state index in [0.29, 0.717) is 13.1 Å². The Bertz CT molecular complexity index is 985. The van der Waals surface area contributed by atoms with Gasteiger partial charge in [-0.05, 0) is 49.2 Å². The zero-order valence-corrected chi connectivity index (χ0v) is 14.9. The van der Waals surface area contributed by atoms with E-state index in [1.54, 1.807) is 0 Å². The van der Waals surface area contributed by atoms with Crippen LogP contribution in [0.15, 0.2) is 58.3 Å². The average molecular weight is 384 g/mol. The van der Waals surface area contributed by atoms with E-state index in [9.17, 15) is 21.2 Å². The molecule has 0 unspecified atom stereocenters.